The molecule has 2 aliphatic heterocycles. The first kappa shape index (κ1) is 13.8. The van der Waals surface area contributed by atoms with E-state index >= 15 is 0 Å². The molecule has 2 rings (SSSR count). The molecule has 0 aromatic heterocycles. The van der Waals surface area contributed by atoms with E-state index in [1.54, 1.807) is 0 Å². The van der Waals surface area contributed by atoms with Crippen molar-refractivity contribution in [3.8, 4) is 0 Å². The minimum atomic E-state index is -0.158. The van der Waals surface area contributed by atoms with Gasteiger partial charge in [-0.25, -0.2) is 0 Å². The van der Waals surface area contributed by atoms with Crippen molar-refractivity contribution in [1.29, 1.82) is 0 Å². The number of amides is 1. The summed E-state index contributed by atoms with van der Waals surface area (Å²) in [6.07, 6.45) is 5.55. The van der Waals surface area contributed by atoms with Crippen molar-refractivity contribution in [2.24, 2.45) is 5.92 Å². The summed E-state index contributed by atoms with van der Waals surface area (Å²) in [6, 6.07) is 0. The van der Waals surface area contributed by atoms with Gasteiger partial charge in [-0.2, -0.15) is 0 Å². The Morgan fingerprint density at radius 3 is 2.56 bits per heavy atom. The van der Waals surface area contributed by atoms with Crippen molar-refractivity contribution >= 4 is 5.91 Å². The summed E-state index contributed by atoms with van der Waals surface area (Å²) in [6.45, 7) is 4.97. The largest absolute Gasteiger partial charge is 0.365 e. The lowest BCUT2D eigenvalue weighted by atomic mass is 9.93. The van der Waals surface area contributed by atoms with Crippen LogP contribution in [-0.4, -0.2) is 49.7 Å². The monoisotopic (exact) mass is 254 g/mol. The third-order valence-corrected chi connectivity index (χ3v) is 4.24. The summed E-state index contributed by atoms with van der Waals surface area (Å²) in [5.74, 6) is 1.01. The fourth-order valence-electron chi connectivity index (χ4n) is 2.98. The normalized spacial score (nSPS) is 29.8. The number of hydrogen-bond acceptors (Lipinski definition) is 3. The van der Waals surface area contributed by atoms with E-state index < -0.39 is 0 Å². The molecule has 4 nitrogen and oxygen atoms in total. The quantitative estimate of drug-likeness (QED) is 0.824. The predicted molar refractivity (Wildman–Crippen MR) is 71.4 cm³/mol. The summed E-state index contributed by atoms with van der Waals surface area (Å²) >= 11 is 0. The zero-order valence-corrected chi connectivity index (χ0v) is 11.7. The van der Waals surface area contributed by atoms with Crippen LogP contribution in [0.25, 0.3) is 0 Å². The summed E-state index contributed by atoms with van der Waals surface area (Å²) in [5.41, 5.74) is 0. The summed E-state index contributed by atoms with van der Waals surface area (Å²) in [7, 11) is 2.00. The van der Waals surface area contributed by atoms with E-state index in [0.29, 0.717) is 0 Å². The molecule has 0 bridgehead atoms. The molecule has 2 saturated heterocycles. The molecule has 1 N–H and O–H groups in total. The number of ether oxygens (including phenoxy) is 1. The molecule has 18 heavy (non-hydrogen) atoms. The minimum Gasteiger partial charge on any atom is -0.365 e. The Morgan fingerprint density at radius 1 is 1.28 bits per heavy atom. The molecule has 4 heteroatoms. The standard InChI is InChI=1S/C14H26N2O2/c1-11-3-4-13(18-11)14(17)16-9-6-12(7-10-16)5-8-15-2/h11-13,15H,3-10H2,1-2H3. The highest BCUT2D eigenvalue weighted by Gasteiger charge is 2.33. The molecule has 104 valence electrons. The molecule has 2 unspecified atom stereocenters. The van der Waals surface area contributed by atoms with Gasteiger partial charge in [0, 0.05) is 13.1 Å². The summed E-state index contributed by atoms with van der Waals surface area (Å²) in [4.78, 5) is 14.3. The van der Waals surface area contributed by atoms with Crippen LogP contribution < -0.4 is 5.32 Å². The van der Waals surface area contributed by atoms with Gasteiger partial charge >= 0.3 is 0 Å². The second kappa shape index (κ2) is 6.53. The van der Waals surface area contributed by atoms with Crippen LogP contribution in [0.3, 0.4) is 0 Å². The van der Waals surface area contributed by atoms with Crippen LogP contribution in [0.2, 0.25) is 0 Å². The molecule has 0 saturated carbocycles. The third-order valence-electron chi connectivity index (χ3n) is 4.24. The first-order valence-corrected chi connectivity index (χ1v) is 7.29. The second-order valence-corrected chi connectivity index (χ2v) is 5.67. The van der Waals surface area contributed by atoms with Gasteiger partial charge in [-0.15, -0.1) is 0 Å². The molecule has 2 atom stereocenters. The molecule has 2 heterocycles. The fraction of sp³-hybridized carbons (Fsp3) is 0.929. The van der Waals surface area contributed by atoms with Crippen molar-refractivity contribution in [3.63, 3.8) is 0 Å². The zero-order valence-electron chi connectivity index (χ0n) is 11.7. The first-order chi connectivity index (χ1) is 8.70. The third kappa shape index (κ3) is 3.45. The van der Waals surface area contributed by atoms with Crippen molar-refractivity contribution in [2.45, 2.75) is 51.2 Å². The molecular weight excluding hydrogens is 228 g/mol. The molecule has 0 aromatic rings. The zero-order chi connectivity index (χ0) is 13.0. The summed E-state index contributed by atoms with van der Waals surface area (Å²) in [5, 5.41) is 3.20. The van der Waals surface area contributed by atoms with Gasteiger partial charge in [0.05, 0.1) is 6.10 Å². The number of rotatable bonds is 4. The second-order valence-electron chi connectivity index (χ2n) is 5.67. The van der Waals surface area contributed by atoms with Crippen LogP contribution in [0.15, 0.2) is 0 Å². The highest BCUT2D eigenvalue weighted by Crippen LogP contribution is 2.25. The van der Waals surface area contributed by atoms with Crippen molar-refractivity contribution in [3.05, 3.63) is 0 Å². The van der Waals surface area contributed by atoms with Gasteiger partial charge < -0.3 is 15.0 Å². The van der Waals surface area contributed by atoms with Gasteiger partial charge in [0.25, 0.3) is 5.91 Å². The van der Waals surface area contributed by atoms with Gasteiger partial charge in [0.2, 0.25) is 0 Å². The highest BCUT2D eigenvalue weighted by atomic mass is 16.5. The molecule has 0 aromatic carbocycles. The number of nitrogens with zero attached hydrogens (tertiary/aromatic N) is 1. The number of carbonyl (C=O) groups excluding carboxylic acids is 1. The molecule has 2 aliphatic rings. The highest BCUT2D eigenvalue weighted by molar-refractivity contribution is 5.81. The number of hydrogen-bond donors (Lipinski definition) is 1. The van der Waals surface area contributed by atoms with E-state index in [0.717, 1.165) is 51.2 Å². The number of piperidine rings is 1. The predicted octanol–water partition coefficient (Wildman–Crippen LogP) is 1.40. The molecule has 0 spiro atoms. The van der Waals surface area contributed by atoms with E-state index in [-0.39, 0.29) is 18.1 Å². The maximum absolute atomic E-state index is 12.3. The Balaban J connectivity index is 1.73. The van der Waals surface area contributed by atoms with Crippen LogP contribution in [0.1, 0.15) is 39.0 Å². The molecule has 2 fully saturated rings. The van der Waals surface area contributed by atoms with Gasteiger partial charge in [-0.3, -0.25) is 4.79 Å². The van der Waals surface area contributed by atoms with Gasteiger partial charge in [-0.05, 0) is 58.5 Å². The average Bonchev–Trinajstić information content (AvgIpc) is 2.83. The summed E-state index contributed by atoms with van der Waals surface area (Å²) < 4.78 is 5.67. The molecule has 1 amide bonds. The Hall–Kier alpha value is -0.610. The maximum atomic E-state index is 12.3. The smallest absolute Gasteiger partial charge is 0.251 e. The molecule has 0 aliphatic carbocycles. The van der Waals surface area contributed by atoms with E-state index in [4.69, 9.17) is 4.74 Å². The Bertz CT molecular complexity index is 275. The number of carbonyl (C=O) groups is 1. The van der Waals surface area contributed by atoms with Gasteiger partial charge in [0.15, 0.2) is 0 Å². The van der Waals surface area contributed by atoms with Gasteiger partial charge in [0.1, 0.15) is 6.10 Å². The van der Waals surface area contributed by atoms with Crippen LogP contribution in [0.5, 0.6) is 0 Å². The Kier molecular flexibility index (Phi) is 5.01. The van der Waals surface area contributed by atoms with Crippen molar-refractivity contribution in [1.82, 2.24) is 10.2 Å². The van der Waals surface area contributed by atoms with Crippen LogP contribution in [-0.2, 0) is 9.53 Å². The Morgan fingerprint density at radius 2 is 2.00 bits per heavy atom. The lowest BCUT2D eigenvalue weighted by molar-refractivity contribution is -0.144. The van der Waals surface area contributed by atoms with E-state index in [2.05, 4.69) is 12.2 Å². The topological polar surface area (TPSA) is 41.6 Å². The van der Waals surface area contributed by atoms with Crippen molar-refractivity contribution < 1.29 is 9.53 Å². The van der Waals surface area contributed by atoms with Crippen LogP contribution in [0.4, 0.5) is 0 Å². The minimum absolute atomic E-state index is 0.158. The SMILES string of the molecule is CNCCC1CCN(C(=O)C2CCC(C)O2)CC1. The van der Waals surface area contributed by atoms with Crippen molar-refractivity contribution in [2.75, 3.05) is 26.7 Å². The maximum Gasteiger partial charge on any atom is 0.251 e. The average molecular weight is 254 g/mol. The first-order valence-electron chi connectivity index (χ1n) is 7.29. The van der Waals surface area contributed by atoms with Crippen LogP contribution in [0, 0.1) is 5.92 Å². The van der Waals surface area contributed by atoms with Crippen LogP contribution >= 0.6 is 0 Å². The Labute approximate surface area is 110 Å². The number of likely N-dealkylation sites (tertiary alicyclic amines) is 1. The molecule has 0 radical (unpaired) electrons. The van der Waals surface area contributed by atoms with E-state index in [1.165, 1.54) is 6.42 Å². The van der Waals surface area contributed by atoms with Gasteiger partial charge in [-0.1, -0.05) is 0 Å². The fourth-order valence-corrected chi connectivity index (χ4v) is 2.98. The van der Waals surface area contributed by atoms with E-state index in [9.17, 15) is 4.79 Å². The number of nitrogens with one attached hydrogen (secondary N) is 1. The lowest BCUT2D eigenvalue weighted by Gasteiger charge is -2.33. The van der Waals surface area contributed by atoms with E-state index in [1.807, 2.05) is 11.9 Å². The molecular formula is C14H26N2O2. The lowest BCUT2D eigenvalue weighted by Crippen LogP contribution is -2.44.